The summed E-state index contributed by atoms with van der Waals surface area (Å²) in [6.07, 6.45) is -11.6. The van der Waals surface area contributed by atoms with Crippen LogP contribution in [0.5, 0.6) is 5.75 Å². The number of nitrogens with one attached hydrogen (secondary N) is 17. The molecular formula is C77H111N17O36S. The van der Waals surface area contributed by atoms with E-state index in [9.17, 15) is 176 Å². The molecule has 0 bridgehead atoms. The van der Waals surface area contributed by atoms with Gasteiger partial charge in [-0.3, -0.25) is 110 Å². The molecule has 0 aliphatic carbocycles. The van der Waals surface area contributed by atoms with Crippen LogP contribution < -0.4 is 90.4 Å². The Kier molecular flexibility index (Phi) is 47.7. The molecule has 54 heteroatoms. The highest BCUT2D eigenvalue weighted by molar-refractivity contribution is 8.00. The third kappa shape index (κ3) is 42.6. The molecular weight excluding hydrogens is 1770 g/mol. The first-order valence-corrected chi connectivity index (χ1v) is 42.0. The third-order valence-electron chi connectivity index (χ3n) is 19.7. The number of phenols is 1. The SMILES string of the molecule is CC(C)[C@H](NC(=O)CCCC[C@@H]1SC[C@@H]2NC(=O)N[C@@H]21)C(=O)N[C@@H](CC(=O)O)C(=O)N[C@@H](CO)C(=O)N[C@H](C(=O)N[C@@H](CCC(=O)O)C(=O)NCC(=O)N[C@@H](CCC(=O)O)C(=O)NCC(=O)N[C@@H](CCC(=O)O)C(=O)N[C@@H](CCC(=O)O)C(=O)N[C@@H](CCC(=O)O)C(=O)NCC(=O)N[C@@H](CCC(=O)O)C(=O)N[C@@H](CCC(=O)O)C(=O)N[C@@H](Cc1ccc(O)cc1)C(=O)O)C(C)C. The maximum atomic E-state index is 14.0. The number of aliphatic hydroxyl groups is 1. The molecule has 2 aliphatic rings. The zero-order chi connectivity index (χ0) is 98.6. The normalized spacial score (nSPS) is 16.3. The number of fused-ring (bicyclic) bond motifs is 1. The molecule has 1 aromatic carbocycles. The molecule has 2 saturated heterocycles. The van der Waals surface area contributed by atoms with Gasteiger partial charge in [0.2, 0.25) is 88.6 Å². The highest BCUT2D eigenvalue weighted by Crippen LogP contribution is 2.33. The number of aliphatic carboxylic acids is 9. The van der Waals surface area contributed by atoms with Gasteiger partial charge in [-0.2, -0.15) is 11.8 Å². The first kappa shape index (κ1) is 111. The first-order chi connectivity index (χ1) is 61.5. The van der Waals surface area contributed by atoms with Crippen LogP contribution in [0.4, 0.5) is 4.79 Å². The standard InChI is InChI=1S/C77H111N17O36S/c1-34(2)62(92-50(97)8-6-5-7-49-64-48(33-131-49)91-77(130)94-64)74(126)88-45(28-61(115)116)72(124)90-47(32-95)73(125)93-63(35(3)4)75(127)87-40(15-22-56(105)106)67(119)80-29-51(98)81-38(13-20-54(101)102)65(117)78-30-52(99)82-41(16-23-57(107)108)68(120)85-43(18-25-59(111)112)70(122)84-39(14-21-55(103)104)66(118)79-31-53(100)83-42(17-24-58(109)110)69(121)86-44(19-26-60(113)114)71(123)89-46(76(128)129)27-36-9-11-37(96)12-10-36/h9-12,34-35,38-49,62-64,95-96H,5-8,13-33H2,1-4H3,(H,78,117)(H,79,118)(H,80,119)(H,81,98)(H,82,99)(H,83,100)(H,84,122)(H,85,120)(H,86,121)(H,87,127)(H,88,126)(H,89,123)(H,90,124)(H,92,97)(H,93,125)(H,101,102)(H,103,104)(H,105,106)(H,107,108)(H,109,110)(H,111,112)(H,113,114)(H,115,116)(H,128,129)(H2,91,94,130)/t38-,39-,40-,41-,42-,43-,44-,45-,46-,47-,48-,49-,62-,63-,64-/m0/s1. The van der Waals surface area contributed by atoms with E-state index in [0.717, 1.165) is 5.75 Å². The predicted octanol–water partition coefficient (Wildman–Crippen LogP) is -8.26. The number of amides is 17. The van der Waals surface area contributed by atoms with E-state index in [1.807, 2.05) is 10.6 Å². The summed E-state index contributed by atoms with van der Waals surface area (Å²) in [5, 5.41) is 144. The predicted molar refractivity (Wildman–Crippen MR) is 443 cm³/mol. The Bertz CT molecular complexity index is 4330. The van der Waals surface area contributed by atoms with Gasteiger partial charge in [-0.1, -0.05) is 46.2 Å². The van der Waals surface area contributed by atoms with E-state index in [-0.39, 0.29) is 35.5 Å². The summed E-state index contributed by atoms with van der Waals surface area (Å²) in [6.45, 7) is 1.10. The number of rotatable bonds is 63. The Morgan fingerprint density at radius 1 is 0.351 bits per heavy atom. The van der Waals surface area contributed by atoms with Crippen molar-refractivity contribution in [2.24, 2.45) is 11.8 Å². The number of phenolic OH excluding ortho intramolecular Hbond substituents is 1. The average Bonchev–Trinajstić information content (AvgIpc) is 1.77. The quantitative estimate of drug-likeness (QED) is 0.0213. The molecule has 28 N–H and O–H groups in total. The number of carbonyl (C=O) groups excluding carboxylic acids is 16. The minimum absolute atomic E-state index is 0.00487. The van der Waals surface area contributed by atoms with E-state index < -0.39 is 356 Å². The van der Waals surface area contributed by atoms with Crippen molar-refractivity contribution in [3.63, 3.8) is 0 Å². The highest BCUT2D eigenvalue weighted by Gasteiger charge is 2.44. The fourth-order valence-electron chi connectivity index (χ4n) is 12.7. The molecule has 53 nitrogen and oxygen atoms in total. The van der Waals surface area contributed by atoms with Crippen LogP contribution in [-0.4, -0.2) is 326 Å². The zero-order valence-electron chi connectivity index (χ0n) is 71.3. The van der Waals surface area contributed by atoms with Crippen molar-refractivity contribution in [1.82, 2.24) is 90.4 Å². The van der Waals surface area contributed by atoms with Crippen LogP contribution in [0.1, 0.15) is 155 Å². The lowest BCUT2D eigenvalue weighted by Crippen LogP contribution is -2.61. The van der Waals surface area contributed by atoms with Gasteiger partial charge in [0, 0.05) is 68.8 Å². The van der Waals surface area contributed by atoms with Gasteiger partial charge in [0.05, 0.1) is 44.7 Å². The summed E-state index contributed by atoms with van der Waals surface area (Å²) >= 11 is 1.69. The van der Waals surface area contributed by atoms with Crippen LogP contribution in [-0.2, 0) is 121 Å². The molecule has 0 saturated carbocycles. The molecule has 0 spiro atoms. The number of carboxylic acid groups (broad SMARTS) is 9. The van der Waals surface area contributed by atoms with Crippen molar-refractivity contribution in [3.05, 3.63) is 29.8 Å². The van der Waals surface area contributed by atoms with Crippen LogP contribution in [0.25, 0.3) is 0 Å². The summed E-state index contributed by atoms with van der Waals surface area (Å²) in [6, 6.07) is -17.6. The molecule has 15 atom stereocenters. The van der Waals surface area contributed by atoms with Crippen molar-refractivity contribution in [1.29, 1.82) is 0 Å². The summed E-state index contributed by atoms with van der Waals surface area (Å²) < 4.78 is 0. The maximum Gasteiger partial charge on any atom is 0.326 e. The van der Waals surface area contributed by atoms with Crippen molar-refractivity contribution >= 4 is 160 Å². The van der Waals surface area contributed by atoms with Crippen molar-refractivity contribution in [2.75, 3.05) is 32.0 Å². The van der Waals surface area contributed by atoms with Crippen LogP contribution in [0, 0.1) is 11.8 Å². The minimum Gasteiger partial charge on any atom is -0.508 e. The Morgan fingerprint density at radius 2 is 0.664 bits per heavy atom. The summed E-state index contributed by atoms with van der Waals surface area (Å²) in [7, 11) is 0. The fraction of sp³-hybridized carbons (Fsp3) is 0.597. The van der Waals surface area contributed by atoms with Gasteiger partial charge in [0.1, 0.15) is 78.3 Å². The number of hydrogen-bond acceptors (Lipinski definition) is 28. The molecule has 1 aromatic rings. The first-order valence-electron chi connectivity index (χ1n) is 41.0. The van der Waals surface area contributed by atoms with Gasteiger partial charge in [0.15, 0.2) is 0 Å². The molecule has 726 valence electrons. The smallest absolute Gasteiger partial charge is 0.326 e. The number of urea groups is 1. The molecule has 2 fully saturated rings. The fourth-order valence-corrected chi connectivity index (χ4v) is 14.3. The van der Waals surface area contributed by atoms with E-state index in [1.165, 1.54) is 38.1 Å². The lowest BCUT2D eigenvalue weighted by Gasteiger charge is -2.28. The Labute approximate surface area is 749 Å². The van der Waals surface area contributed by atoms with Crippen LogP contribution >= 0.6 is 11.8 Å². The van der Waals surface area contributed by atoms with Gasteiger partial charge in [0.25, 0.3) is 0 Å². The molecule has 0 radical (unpaired) electrons. The Balaban J connectivity index is 1.73. The van der Waals surface area contributed by atoms with Crippen molar-refractivity contribution in [2.45, 2.75) is 246 Å². The summed E-state index contributed by atoms with van der Waals surface area (Å²) in [5.74, 6) is -34.1. The van der Waals surface area contributed by atoms with E-state index in [1.54, 1.807) is 25.6 Å². The molecule has 0 aromatic heterocycles. The van der Waals surface area contributed by atoms with E-state index >= 15 is 0 Å². The summed E-state index contributed by atoms with van der Waals surface area (Å²) in [4.78, 5) is 323. The number of aliphatic hydroxyl groups excluding tert-OH is 1. The number of thioether (sulfide) groups is 1. The zero-order valence-corrected chi connectivity index (χ0v) is 72.2. The van der Waals surface area contributed by atoms with Crippen molar-refractivity contribution in [3.8, 4) is 5.75 Å². The number of hydrogen-bond donors (Lipinski definition) is 28. The second kappa shape index (κ2) is 56.3. The third-order valence-corrected chi connectivity index (χ3v) is 21.2. The Morgan fingerprint density at radius 3 is 1.02 bits per heavy atom. The Hall–Kier alpha value is -14.1. The second-order valence-electron chi connectivity index (χ2n) is 30.8. The second-order valence-corrected chi connectivity index (χ2v) is 32.1. The van der Waals surface area contributed by atoms with E-state index in [0.29, 0.717) is 24.8 Å². The summed E-state index contributed by atoms with van der Waals surface area (Å²) in [5.41, 5.74) is 0.293. The number of aromatic hydroxyl groups is 1. The number of carboxylic acids is 9. The maximum absolute atomic E-state index is 14.0. The number of carbonyl (C=O) groups is 25. The average molecular weight is 1880 g/mol. The molecule has 3 rings (SSSR count). The molecule has 2 heterocycles. The number of unbranched alkanes of at least 4 members (excludes halogenated alkanes) is 1. The van der Waals surface area contributed by atoms with Gasteiger partial charge in [-0.25, -0.2) is 9.59 Å². The van der Waals surface area contributed by atoms with Crippen LogP contribution in [0.2, 0.25) is 0 Å². The van der Waals surface area contributed by atoms with E-state index in [4.69, 9.17) is 0 Å². The molecule has 131 heavy (non-hydrogen) atoms. The highest BCUT2D eigenvalue weighted by atomic mass is 32.2. The van der Waals surface area contributed by atoms with Crippen LogP contribution in [0.15, 0.2) is 24.3 Å². The van der Waals surface area contributed by atoms with Gasteiger partial charge < -0.3 is 147 Å². The van der Waals surface area contributed by atoms with E-state index in [2.05, 4.69) is 79.8 Å². The van der Waals surface area contributed by atoms with Crippen LogP contribution in [0.3, 0.4) is 0 Å². The van der Waals surface area contributed by atoms with Crippen molar-refractivity contribution < 1.29 is 176 Å². The number of benzene rings is 1. The van der Waals surface area contributed by atoms with Gasteiger partial charge >= 0.3 is 59.8 Å². The molecule has 17 amide bonds. The minimum atomic E-state index is -2.09. The van der Waals surface area contributed by atoms with Gasteiger partial charge in [-0.05, 0) is 87.3 Å². The topological polar surface area (TPSA) is 854 Å². The van der Waals surface area contributed by atoms with Gasteiger partial charge in [-0.15, -0.1) is 0 Å². The molecule has 2 aliphatic heterocycles. The lowest BCUT2D eigenvalue weighted by atomic mass is 10.0. The lowest BCUT2D eigenvalue weighted by molar-refractivity contribution is -0.143. The monoisotopic (exact) mass is 1880 g/mol. The molecule has 0 unspecified atom stereocenters. The largest absolute Gasteiger partial charge is 0.508 e.